The van der Waals surface area contributed by atoms with Crippen LogP contribution in [0.4, 0.5) is 0 Å². The highest BCUT2D eigenvalue weighted by Crippen LogP contribution is 2.38. The fourth-order valence-electron chi connectivity index (χ4n) is 4.77. The van der Waals surface area contributed by atoms with Crippen LogP contribution in [0.1, 0.15) is 0 Å². The number of ether oxygens (including phenoxy) is 4. The van der Waals surface area contributed by atoms with Crippen LogP contribution >= 0.6 is 0 Å². The average molecular weight is 611 g/mol. The summed E-state index contributed by atoms with van der Waals surface area (Å²) in [6.07, 6.45) is -16.3. The molecule has 2 saturated heterocycles. The molecule has 5 rings (SSSR count). The fourth-order valence-corrected chi connectivity index (χ4v) is 4.77. The molecule has 2 aliphatic rings. The summed E-state index contributed by atoms with van der Waals surface area (Å²) in [7, 11) is 0. The number of benzene rings is 2. The molecule has 2 fully saturated rings. The molecule has 1 aromatic heterocycles. The maximum absolute atomic E-state index is 13.7. The molecule has 3 aromatic rings. The molecule has 0 radical (unpaired) electrons. The maximum Gasteiger partial charge on any atom is 0.235 e. The first-order valence-electron chi connectivity index (χ1n) is 13.0. The molecule has 2 aromatic carbocycles. The van der Waals surface area contributed by atoms with Gasteiger partial charge < -0.3 is 74.4 Å². The van der Waals surface area contributed by atoms with Crippen molar-refractivity contribution in [3.8, 4) is 34.3 Å². The Kier molecular flexibility index (Phi) is 8.77. The number of phenolic OH excluding ortho intramolecular Hbond substituents is 2. The highest BCUT2D eigenvalue weighted by atomic mass is 16.7. The molecule has 0 aliphatic carbocycles. The molecule has 0 unspecified atom stereocenters. The van der Waals surface area contributed by atoms with Crippen LogP contribution in [0.2, 0.25) is 0 Å². The van der Waals surface area contributed by atoms with Crippen LogP contribution in [0.3, 0.4) is 0 Å². The smallest absolute Gasteiger partial charge is 0.235 e. The van der Waals surface area contributed by atoms with E-state index in [1.54, 1.807) is 0 Å². The third-order valence-electron chi connectivity index (χ3n) is 7.24. The molecule has 234 valence electrons. The Hall–Kier alpha value is -3.55. The molecule has 0 saturated carbocycles. The van der Waals surface area contributed by atoms with Crippen LogP contribution < -0.4 is 14.9 Å². The van der Waals surface area contributed by atoms with Gasteiger partial charge in [-0.25, -0.2) is 0 Å². The van der Waals surface area contributed by atoms with Crippen LogP contribution in [-0.4, -0.2) is 126 Å². The second-order valence-electron chi connectivity index (χ2n) is 10.1. The molecular weight excluding hydrogens is 580 g/mol. The molecule has 10 atom stereocenters. The third kappa shape index (κ3) is 5.73. The average Bonchev–Trinajstić information content (AvgIpc) is 3.00. The molecular formula is C27H30O16. The van der Waals surface area contributed by atoms with E-state index < -0.39 is 97.3 Å². The zero-order chi connectivity index (χ0) is 31.2. The van der Waals surface area contributed by atoms with Gasteiger partial charge in [0.2, 0.25) is 23.8 Å². The van der Waals surface area contributed by atoms with Gasteiger partial charge in [0.05, 0.1) is 18.6 Å². The van der Waals surface area contributed by atoms with E-state index in [1.807, 2.05) is 0 Å². The van der Waals surface area contributed by atoms with Crippen LogP contribution in [0.15, 0.2) is 45.6 Å². The second kappa shape index (κ2) is 12.2. The number of hydrogen-bond donors (Lipinski definition) is 10. The van der Waals surface area contributed by atoms with Gasteiger partial charge >= 0.3 is 0 Å². The third-order valence-corrected chi connectivity index (χ3v) is 7.24. The molecule has 10 N–H and O–H groups in total. The summed E-state index contributed by atoms with van der Waals surface area (Å²) >= 11 is 0. The second-order valence-corrected chi connectivity index (χ2v) is 10.1. The van der Waals surface area contributed by atoms with Crippen LogP contribution in [0, 0.1) is 0 Å². The normalized spacial score (nSPS) is 32.9. The Labute approximate surface area is 241 Å². The van der Waals surface area contributed by atoms with Crippen molar-refractivity contribution in [1.82, 2.24) is 0 Å². The van der Waals surface area contributed by atoms with Gasteiger partial charge in [0.25, 0.3) is 0 Å². The minimum absolute atomic E-state index is 0.00847. The molecule has 16 heteroatoms. The van der Waals surface area contributed by atoms with E-state index in [0.717, 1.165) is 12.1 Å². The quantitative estimate of drug-likeness (QED) is 0.121. The van der Waals surface area contributed by atoms with Crippen molar-refractivity contribution in [2.45, 2.75) is 61.4 Å². The van der Waals surface area contributed by atoms with Gasteiger partial charge in [-0.3, -0.25) is 4.79 Å². The molecule has 16 nitrogen and oxygen atoms in total. The van der Waals surface area contributed by atoms with Gasteiger partial charge in [-0.2, -0.15) is 0 Å². The van der Waals surface area contributed by atoms with Crippen molar-refractivity contribution in [2.24, 2.45) is 0 Å². The van der Waals surface area contributed by atoms with E-state index in [9.17, 15) is 55.9 Å². The lowest BCUT2D eigenvalue weighted by atomic mass is 9.99. The van der Waals surface area contributed by atoms with E-state index in [-0.39, 0.29) is 28.0 Å². The van der Waals surface area contributed by atoms with Crippen molar-refractivity contribution < 1.29 is 74.4 Å². The standard InChI is InChI=1S/C27H30O16/c28-7-15-18(33)20(35)22(37)26(41-15)39-10-2-3-11-14(6-10)40-24(9-1-4-12(30)13(31)5-9)25(17(11)32)43-27-23(38)21(36)19(34)16(8-29)42-27/h1-6,15-16,18-23,26-31,33-38H,7-8H2/t15-,16-,18-,19-,20-,21-,22-,23-,26-,27-/m0/s1. The Morgan fingerprint density at radius 2 is 1.26 bits per heavy atom. The number of aromatic hydroxyl groups is 2. The molecule has 3 heterocycles. The number of rotatable bonds is 7. The number of aliphatic hydroxyl groups excluding tert-OH is 8. The minimum Gasteiger partial charge on any atom is -0.504 e. The van der Waals surface area contributed by atoms with E-state index in [0.29, 0.717) is 0 Å². The van der Waals surface area contributed by atoms with Crippen LogP contribution in [0.25, 0.3) is 22.3 Å². The lowest BCUT2D eigenvalue weighted by molar-refractivity contribution is -0.277. The summed E-state index contributed by atoms with van der Waals surface area (Å²) in [5.41, 5.74) is -0.954. The summed E-state index contributed by atoms with van der Waals surface area (Å²) in [5.74, 6) is -2.02. The number of hydrogen-bond acceptors (Lipinski definition) is 16. The minimum atomic E-state index is -1.87. The summed E-state index contributed by atoms with van der Waals surface area (Å²) in [6.45, 7) is -1.44. The topological polar surface area (TPSA) is 269 Å². The fraction of sp³-hybridized carbons (Fsp3) is 0.444. The largest absolute Gasteiger partial charge is 0.504 e. The van der Waals surface area contributed by atoms with E-state index in [4.69, 9.17) is 23.4 Å². The molecule has 43 heavy (non-hydrogen) atoms. The predicted molar refractivity (Wildman–Crippen MR) is 140 cm³/mol. The van der Waals surface area contributed by atoms with Gasteiger partial charge in [0.15, 0.2) is 17.3 Å². The van der Waals surface area contributed by atoms with Gasteiger partial charge in [0.1, 0.15) is 60.2 Å². The summed E-state index contributed by atoms with van der Waals surface area (Å²) in [4.78, 5) is 13.7. The first-order valence-corrected chi connectivity index (χ1v) is 13.0. The van der Waals surface area contributed by atoms with E-state index in [1.165, 1.54) is 24.3 Å². The van der Waals surface area contributed by atoms with Crippen molar-refractivity contribution in [2.75, 3.05) is 13.2 Å². The van der Waals surface area contributed by atoms with Crippen LogP contribution in [-0.2, 0) is 9.47 Å². The van der Waals surface area contributed by atoms with Crippen molar-refractivity contribution in [3.05, 3.63) is 46.6 Å². The van der Waals surface area contributed by atoms with E-state index >= 15 is 0 Å². The zero-order valence-electron chi connectivity index (χ0n) is 22.1. The zero-order valence-corrected chi connectivity index (χ0v) is 22.1. The Morgan fingerprint density at radius 3 is 1.81 bits per heavy atom. The van der Waals surface area contributed by atoms with Crippen molar-refractivity contribution >= 4 is 11.0 Å². The van der Waals surface area contributed by atoms with Crippen LogP contribution in [0.5, 0.6) is 23.0 Å². The lowest BCUT2D eigenvalue weighted by Crippen LogP contribution is -2.60. The number of phenols is 2. The number of aliphatic hydroxyl groups is 8. The Balaban J connectivity index is 1.56. The SMILES string of the molecule is O=c1c(O[C@@H]2O[C@@H](CO)[C@H](O)[C@H](O)[C@@H]2O)c(-c2ccc(O)c(O)c2)oc2cc(O[C@H]3O[C@@H](CO)[C@H](O)[C@H](O)[C@@H]3O)ccc12. The monoisotopic (exact) mass is 610 g/mol. The Bertz CT molecular complexity index is 1500. The maximum atomic E-state index is 13.7. The molecule has 0 amide bonds. The van der Waals surface area contributed by atoms with Gasteiger partial charge in [0, 0.05) is 11.6 Å². The summed E-state index contributed by atoms with van der Waals surface area (Å²) in [6, 6.07) is 7.18. The summed E-state index contributed by atoms with van der Waals surface area (Å²) < 4.78 is 27.9. The highest BCUT2D eigenvalue weighted by molar-refractivity contribution is 5.83. The first-order chi connectivity index (χ1) is 20.4. The van der Waals surface area contributed by atoms with Gasteiger partial charge in [-0.15, -0.1) is 0 Å². The van der Waals surface area contributed by atoms with E-state index in [2.05, 4.69) is 0 Å². The highest BCUT2D eigenvalue weighted by Gasteiger charge is 2.46. The van der Waals surface area contributed by atoms with Crippen molar-refractivity contribution in [3.63, 3.8) is 0 Å². The molecule has 0 spiro atoms. The molecule has 2 aliphatic heterocycles. The first kappa shape index (κ1) is 30.9. The molecule has 0 bridgehead atoms. The lowest BCUT2D eigenvalue weighted by Gasteiger charge is -2.39. The summed E-state index contributed by atoms with van der Waals surface area (Å²) in [5, 5.41) is 99.8. The van der Waals surface area contributed by atoms with Crippen molar-refractivity contribution in [1.29, 1.82) is 0 Å². The predicted octanol–water partition coefficient (Wildman–Crippen LogP) is -2.77. The van der Waals surface area contributed by atoms with Gasteiger partial charge in [-0.1, -0.05) is 0 Å². The van der Waals surface area contributed by atoms with Gasteiger partial charge in [-0.05, 0) is 30.3 Å². The number of fused-ring (bicyclic) bond motifs is 1. The Morgan fingerprint density at radius 1 is 0.674 bits per heavy atom.